The van der Waals surface area contributed by atoms with Gasteiger partial charge in [-0.05, 0) is 43.2 Å². The number of carbonyl (C=O) groups excluding carboxylic acids is 2. The average Bonchev–Trinajstić information content (AvgIpc) is 3.53. The first-order valence-corrected chi connectivity index (χ1v) is 14.7. The number of nitrogens with one attached hydrogen (secondary N) is 1. The number of fused-ring (bicyclic) bond motifs is 3. The lowest BCUT2D eigenvalue weighted by Gasteiger charge is -2.17. The molecule has 2 amide bonds. The SMILES string of the molecule is CN(CCOCCOCCNC(=O)c1ccc2c(c1)c1nn(C)nc1n2-c1ccc(C(F)(F)F)cn1)C(=O)CCCCCC(=O)O. The molecule has 248 valence electrons. The lowest BCUT2D eigenvalue weighted by molar-refractivity contribution is -0.138. The van der Waals surface area contributed by atoms with Crippen LogP contribution in [0.2, 0.25) is 0 Å². The number of amides is 2. The van der Waals surface area contributed by atoms with Crippen molar-refractivity contribution in [1.29, 1.82) is 0 Å². The fourth-order valence-electron chi connectivity index (χ4n) is 4.72. The standard InChI is InChI=1S/C30H36F3N7O6/c1-38(25(41)6-4-3-5-7-26(42)43)13-15-46-17-16-45-14-12-34-29(44)20-8-10-23-22(18-20)27-28(37-39(2)36-27)40(23)24-11-9-21(19-35-24)30(31,32)33/h8-11,18-19H,3-7,12-17H2,1-2H3,(H,34,44)(H,42,43). The number of aliphatic carboxylic acids is 1. The van der Waals surface area contributed by atoms with E-state index in [4.69, 9.17) is 14.6 Å². The predicted octanol–water partition coefficient (Wildman–Crippen LogP) is 3.58. The maximum absolute atomic E-state index is 13.0. The minimum absolute atomic E-state index is 0.0140. The van der Waals surface area contributed by atoms with E-state index in [0.717, 1.165) is 12.3 Å². The number of aryl methyl sites for hydroxylation is 1. The van der Waals surface area contributed by atoms with Gasteiger partial charge in [0.1, 0.15) is 11.3 Å². The third kappa shape index (κ3) is 9.00. The number of ether oxygens (including phenoxy) is 2. The molecule has 4 aromatic rings. The molecule has 4 rings (SSSR count). The first-order chi connectivity index (χ1) is 22.0. The summed E-state index contributed by atoms with van der Waals surface area (Å²) < 4.78 is 51.8. The minimum atomic E-state index is -4.51. The second kappa shape index (κ2) is 15.6. The van der Waals surface area contributed by atoms with Crippen molar-refractivity contribution in [3.8, 4) is 5.82 Å². The molecular formula is C30H36F3N7O6. The molecule has 0 bridgehead atoms. The number of hydrogen-bond acceptors (Lipinski definition) is 8. The molecule has 0 fully saturated rings. The van der Waals surface area contributed by atoms with Gasteiger partial charge in [0, 0.05) is 57.2 Å². The van der Waals surface area contributed by atoms with Crippen LogP contribution < -0.4 is 5.32 Å². The summed E-state index contributed by atoms with van der Waals surface area (Å²) >= 11 is 0. The van der Waals surface area contributed by atoms with Gasteiger partial charge in [-0.3, -0.25) is 19.0 Å². The topological polar surface area (TPSA) is 154 Å². The number of nitrogens with zero attached hydrogens (tertiary/aromatic N) is 6. The van der Waals surface area contributed by atoms with Gasteiger partial charge in [0.2, 0.25) is 5.91 Å². The van der Waals surface area contributed by atoms with Gasteiger partial charge < -0.3 is 24.8 Å². The Labute approximate surface area is 262 Å². The predicted molar refractivity (Wildman–Crippen MR) is 160 cm³/mol. The zero-order valence-corrected chi connectivity index (χ0v) is 25.5. The van der Waals surface area contributed by atoms with Crippen molar-refractivity contribution in [2.45, 2.75) is 38.3 Å². The molecule has 0 aliphatic heterocycles. The Balaban J connectivity index is 1.20. The third-order valence-corrected chi connectivity index (χ3v) is 7.15. The number of carboxylic acid groups (broad SMARTS) is 1. The molecule has 0 spiro atoms. The number of hydrogen-bond donors (Lipinski definition) is 2. The highest BCUT2D eigenvalue weighted by molar-refractivity contribution is 6.08. The Morgan fingerprint density at radius 2 is 1.72 bits per heavy atom. The van der Waals surface area contributed by atoms with Crippen molar-refractivity contribution in [3.05, 3.63) is 47.7 Å². The lowest BCUT2D eigenvalue weighted by atomic mass is 10.1. The largest absolute Gasteiger partial charge is 0.481 e. The fraction of sp³-hybridized carbons (Fsp3) is 0.467. The molecule has 13 nitrogen and oxygen atoms in total. The Bertz CT molecular complexity index is 1650. The summed E-state index contributed by atoms with van der Waals surface area (Å²) in [5.74, 6) is -0.953. The van der Waals surface area contributed by atoms with Crippen LogP contribution in [-0.2, 0) is 32.3 Å². The molecule has 0 radical (unpaired) electrons. The molecule has 16 heteroatoms. The highest BCUT2D eigenvalue weighted by atomic mass is 19.4. The van der Waals surface area contributed by atoms with Crippen LogP contribution >= 0.6 is 0 Å². The molecule has 0 aliphatic carbocycles. The number of benzene rings is 1. The second-order valence-electron chi connectivity index (χ2n) is 10.6. The molecule has 3 aromatic heterocycles. The number of carboxylic acids is 1. The Hall–Kier alpha value is -4.57. The smallest absolute Gasteiger partial charge is 0.417 e. The van der Waals surface area contributed by atoms with Gasteiger partial charge in [-0.25, -0.2) is 4.98 Å². The van der Waals surface area contributed by atoms with Gasteiger partial charge in [0.25, 0.3) is 5.91 Å². The number of carbonyl (C=O) groups is 3. The minimum Gasteiger partial charge on any atom is -0.481 e. The normalized spacial score (nSPS) is 11.8. The quantitative estimate of drug-likeness (QED) is 0.164. The summed E-state index contributed by atoms with van der Waals surface area (Å²) in [5.41, 5.74) is 0.943. The van der Waals surface area contributed by atoms with Crippen LogP contribution in [0.4, 0.5) is 13.2 Å². The number of alkyl halides is 3. The molecule has 1 aromatic carbocycles. The highest BCUT2D eigenvalue weighted by Crippen LogP contribution is 2.32. The third-order valence-electron chi connectivity index (χ3n) is 7.15. The molecule has 2 N–H and O–H groups in total. The first kappa shape index (κ1) is 34.3. The van der Waals surface area contributed by atoms with E-state index in [-0.39, 0.29) is 37.2 Å². The van der Waals surface area contributed by atoms with Crippen LogP contribution in [0.3, 0.4) is 0 Å². The van der Waals surface area contributed by atoms with Crippen LogP contribution in [-0.4, -0.2) is 98.9 Å². The zero-order chi connectivity index (χ0) is 33.3. The molecule has 3 heterocycles. The Morgan fingerprint density at radius 3 is 2.41 bits per heavy atom. The number of likely N-dealkylation sites (N-methyl/N-ethyl adjacent to an activating group) is 1. The molecule has 46 heavy (non-hydrogen) atoms. The number of aromatic nitrogens is 5. The molecule has 0 unspecified atom stereocenters. The summed E-state index contributed by atoms with van der Waals surface area (Å²) in [6, 6.07) is 7.14. The van der Waals surface area contributed by atoms with E-state index in [1.807, 2.05) is 0 Å². The summed E-state index contributed by atoms with van der Waals surface area (Å²) in [6.45, 7) is 1.90. The monoisotopic (exact) mass is 647 g/mol. The van der Waals surface area contributed by atoms with Crippen molar-refractivity contribution >= 4 is 39.9 Å². The molecule has 0 aliphatic rings. The van der Waals surface area contributed by atoms with E-state index in [2.05, 4.69) is 20.5 Å². The zero-order valence-electron chi connectivity index (χ0n) is 25.5. The lowest BCUT2D eigenvalue weighted by Crippen LogP contribution is -2.30. The van der Waals surface area contributed by atoms with Crippen LogP contribution in [0.15, 0.2) is 36.5 Å². The highest BCUT2D eigenvalue weighted by Gasteiger charge is 2.31. The van der Waals surface area contributed by atoms with Crippen LogP contribution in [0.25, 0.3) is 27.9 Å². The number of rotatable bonds is 17. The molecule has 0 saturated heterocycles. The van der Waals surface area contributed by atoms with Gasteiger partial charge >= 0.3 is 12.1 Å². The van der Waals surface area contributed by atoms with Gasteiger partial charge in [0.05, 0.1) is 37.5 Å². The van der Waals surface area contributed by atoms with Gasteiger partial charge in [-0.2, -0.15) is 23.1 Å². The van der Waals surface area contributed by atoms with E-state index in [1.54, 1.807) is 41.8 Å². The van der Waals surface area contributed by atoms with E-state index in [0.29, 0.717) is 79.7 Å². The van der Waals surface area contributed by atoms with Crippen molar-refractivity contribution < 1.29 is 42.1 Å². The maximum Gasteiger partial charge on any atom is 0.417 e. The summed E-state index contributed by atoms with van der Waals surface area (Å²) in [4.78, 5) is 42.4. The number of unbranched alkanes of at least 4 members (excludes halogenated alkanes) is 2. The van der Waals surface area contributed by atoms with Crippen molar-refractivity contribution in [1.82, 2.24) is 34.8 Å². The van der Waals surface area contributed by atoms with E-state index < -0.39 is 17.7 Å². The van der Waals surface area contributed by atoms with Crippen molar-refractivity contribution in [2.24, 2.45) is 7.05 Å². The van der Waals surface area contributed by atoms with Gasteiger partial charge in [-0.1, -0.05) is 6.42 Å². The van der Waals surface area contributed by atoms with Crippen molar-refractivity contribution in [3.63, 3.8) is 0 Å². The average molecular weight is 648 g/mol. The second-order valence-corrected chi connectivity index (χ2v) is 10.6. The maximum atomic E-state index is 13.0. The van der Waals surface area contributed by atoms with E-state index >= 15 is 0 Å². The van der Waals surface area contributed by atoms with Crippen LogP contribution in [0, 0.1) is 0 Å². The summed E-state index contributed by atoms with van der Waals surface area (Å²) in [7, 11) is 3.32. The van der Waals surface area contributed by atoms with E-state index in [1.165, 1.54) is 10.9 Å². The first-order valence-electron chi connectivity index (χ1n) is 14.7. The van der Waals surface area contributed by atoms with Gasteiger partial charge in [0.15, 0.2) is 5.65 Å². The summed E-state index contributed by atoms with van der Waals surface area (Å²) in [5, 5.41) is 20.8. The molecule has 0 saturated carbocycles. The summed E-state index contributed by atoms with van der Waals surface area (Å²) in [6.07, 6.45) is -1.35. The Kier molecular flexibility index (Phi) is 11.7. The number of halogens is 3. The Morgan fingerprint density at radius 1 is 0.978 bits per heavy atom. The molecular weight excluding hydrogens is 611 g/mol. The fourth-order valence-corrected chi connectivity index (χ4v) is 4.72. The van der Waals surface area contributed by atoms with Crippen molar-refractivity contribution in [2.75, 3.05) is 46.6 Å². The molecule has 0 atom stereocenters. The van der Waals surface area contributed by atoms with Gasteiger partial charge in [-0.15, -0.1) is 5.10 Å². The van der Waals surface area contributed by atoms with Crippen LogP contribution in [0.5, 0.6) is 0 Å². The number of pyridine rings is 1. The van der Waals surface area contributed by atoms with E-state index in [9.17, 15) is 27.6 Å². The van der Waals surface area contributed by atoms with Crippen LogP contribution in [0.1, 0.15) is 48.0 Å².